The van der Waals surface area contributed by atoms with Crippen LogP contribution in [0.15, 0.2) is 30.5 Å². The van der Waals surface area contributed by atoms with Crippen molar-refractivity contribution < 1.29 is 0 Å². The van der Waals surface area contributed by atoms with Crippen molar-refractivity contribution in [1.29, 1.82) is 0 Å². The van der Waals surface area contributed by atoms with E-state index in [4.69, 9.17) is 5.73 Å². The summed E-state index contributed by atoms with van der Waals surface area (Å²) in [7, 11) is 1.88. The summed E-state index contributed by atoms with van der Waals surface area (Å²) in [6.07, 6.45) is 1.82. The van der Waals surface area contributed by atoms with Crippen molar-refractivity contribution in [3.8, 4) is 0 Å². The molecule has 0 radical (unpaired) electrons. The minimum absolute atomic E-state index is 0.566. The van der Waals surface area contributed by atoms with Crippen molar-refractivity contribution in [2.75, 3.05) is 5.73 Å². The minimum Gasteiger partial charge on any atom is -0.382 e. The molecule has 2 N–H and O–H groups in total. The smallest absolute Gasteiger partial charge is 0.153 e. The van der Waals surface area contributed by atoms with E-state index in [-0.39, 0.29) is 0 Å². The van der Waals surface area contributed by atoms with Crippen LogP contribution in [0.4, 0.5) is 5.82 Å². The van der Waals surface area contributed by atoms with Crippen LogP contribution in [0.5, 0.6) is 0 Å². The van der Waals surface area contributed by atoms with Crippen LogP contribution in [0, 0.1) is 0 Å². The van der Waals surface area contributed by atoms with Crippen LogP contribution in [0.3, 0.4) is 0 Å². The van der Waals surface area contributed by atoms with E-state index in [1.54, 1.807) is 4.68 Å². The number of benzene rings is 1. The quantitative estimate of drug-likeness (QED) is 0.690. The topological polar surface area (TPSA) is 43.8 Å². The van der Waals surface area contributed by atoms with E-state index in [2.05, 4.69) is 17.4 Å². The van der Waals surface area contributed by atoms with E-state index in [0.717, 1.165) is 16.5 Å². The zero-order chi connectivity index (χ0) is 10.1. The third-order valence-corrected chi connectivity index (χ3v) is 2.17. The first-order valence-corrected chi connectivity index (χ1v) is 4.30. The van der Waals surface area contributed by atoms with Crippen LogP contribution in [0.2, 0.25) is 0 Å². The van der Waals surface area contributed by atoms with Crippen LogP contribution >= 0.6 is 0 Å². The van der Waals surface area contributed by atoms with E-state index >= 15 is 0 Å². The summed E-state index contributed by atoms with van der Waals surface area (Å²) < 4.78 is 1.77. The van der Waals surface area contributed by atoms with Crippen LogP contribution in [-0.2, 0) is 7.05 Å². The molecule has 0 fully saturated rings. The second-order valence-corrected chi connectivity index (χ2v) is 3.13. The Hall–Kier alpha value is -1.99. The fourth-order valence-electron chi connectivity index (χ4n) is 1.51. The molecule has 0 amide bonds. The van der Waals surface area contributed by atoms with E-state index in [1.165, 1.54) is 0 Å². The maximum absolute atomic E-state index is 5.73. The molecule has 0 atom stereocenters. The Morgan fingerprint density at radius 3 is 3.07 bits per heavy atom. The van der Waals surface area contributed by atoms with Gasteiger partial charge < -0.3 is 5.73 Å². The molecule has 0 aliphatic heterocycles. The molecule has 0 aliphatic rings. The van der Waals surface area contributed by atoms with Gasteiger partial charge in [0.1, 0.15) is 0 Å². The lowest BCUT2D eigenvalue weighted by Crippen LogP contribution is -1.91. The lowest BCUT2D eigenvalue weighted by atomic mass is 10.1. The predicted octanol–water partition coefficient (Wildman–Crippen LogP) is 1.95. The average molecular weight is 185 g/mol. The van der Waals surface area contributed by atoms with E-state index in [0.29, 0.717) is 5.82 Å². The van der Waals surface area contributed by atoms with E-state index < -0.39 is 0 Å². The lowest BCUT2D eigenvalue weighted by Gasteiger charge is -1.95. The first kappa shape index (κ1) is 8.60. The summed E-state index contributed by atoms with van der Waals surface area (Å²) in [4.78, 5) is 0. The second kappa shape index (κ2) is 3.05. The number of nitrogen functional groups attached to an aromatic ring is 1. The number of anilines is 1. The molecule has 2 rings (SSSR count). The predicted molar refractivity (Wildman–Crippen MR) is 58.7 cm³/mol. The molecule has 0 aliphatic carbocycles. The number of aryl methyl sites for hydroxylation is 1. The summed E-state index contributed by atoms with van der Waals surface area (Å²) in [5.74, 6) is 0.566. The van der Waals surface area contributed by atoms with E-state index in [1.807, 2.05) is 31.3 Å². The molecule has 70 valence electrons. The van der Waals surface area contributed by atoms with E-state index in [9.17, 15) is 0 Å². The molecule has 0 bridgehead atoms. The molecular formula is C11H11N3. The van der Waals surface area contributed by atoms with Gasteiger partial charge in [0.15, 0.2) is 5.82 Å². The van der Waals surface area contributed by atoms with Gasteiger partial charge in [0, 0.05) is 12.4 Å². The highest BCUT2D eigenvalue weighted by molar-refractivity contribution is 5.90. The maximum Gasteiger partial charge on any atom is 0.153 e. The lowest BCUT2D eigenvalue weighted by molar-refractivity contribution is 0.802. The van der Waals surface area contributed by atoms with Gasteiger partial charge in [0.25, 0.3) is 0 Å². The highest BCUT2D eigenvalue weighted by atomic mass is 15.3. The van der Waals surface area contributed by atoms with Gasteiger partial charge in [0.05, 0.1) is 5.52 Å². The van der Waals surface area contributed by atoms with Gasteiger partial charge in [-0.25, -0.2) is 0 Å². The highest BCUT2D eigenvalue weighted by Crippen LogP contribution is 2.21. The number of nitrogens with zero attached hydrogens (tertiary/aromatic N) is 2. The van der Waals surface area contributed by atoms with Gasteiger partial charge in [-0.1, -0.05) is 12.6 Å². The number of hydrogen-bond acceptors (Lipinski definition) is 2. The molecule has 2 aromatic rings. The third kappa shape index (κ3) is 1.20. The molecule has 3 nitrogen and oxygen atoms in total. The molecule has 0 saturated carbocycles. The number of hydrogen-bond donors (Lipinski definition) is 1. The average Bonchev–Trinajstić information content (AvgIpc) is 2.43. The maximum atomic E-state index is 5.73. The standard InChI is InChI=1S/C11H11N3/c1-3-4-8-5-6-9-10(7-8)14(2)13-11(9)12/h4-7H,1H2,2H3,(H2,12,13). The molecule has 1 aromatic carbocycles. The summed E-state index contributed by atoms with van der Waals surface area (Å²) in [6.45, 7) is 3.54. The number of nitrogens with two attached hydrogens (primary N) is 1. The summed E-state index contributed by atoms with van der Waals surface area (Å²) in [6, 6.07) is 5.94. The third-order valence-electron chi connectivity index (χ3n) is 2.17. The zero-order valence-corrected chi connectivity index (χ0v) is 7.99. The van der Waals surface area contributed by atoms with Crippen LogP contribution in [0.25, 0.3) is 17.0 Å². The van der Waals surface area contributed by atoms with Crippen molar-refractivity contribution in [2.24, 2.45) is 7.05 Å². The van der Waals surface area contributed by atoms with Gasteiger partial charge >= 0.3 is 0 Å². The molecular weight excluding hydrogens is 174 g/mol. The Balaban J connectivity index is 2.76. The fraction of sp³-hybridized carbons (Fsp3) is 0.0909. The van der Waals surface area contributed by atoms with Gasteiger partial charge in [-0.3, -0.25) is 4.68 Å². The normalized spacial score (nSPS) is 10.1. The molecule has 1 heterocycles. The Bertz CT molecular complexity index is 531. The van der Waals surface area contributed by atoms with Crippen molar-refractivity contribution in [3.63, 3.8) is 0 Å². The van der Waals surface area contributed by atoms with Crippen LogP contribution < -0.4 is 5.73 Å². The first-order chi connectivity index (χ1) is 6.72. The number of aromatic nitrogens is 2. The summed E-state index contributed by atoms with van der Waals surface area (Å²) in [5.41, 5.74) is 10.5. The SMILES string of the molecule is C=C=Cc1ccc2c(N)nn(C)c2c1. The van der Waals surface area contributed by atoms with Crippen LogP contribution in [0.1, 0.15) is 5.56 Å². The summed E-state index contributed by atoms with van der Waals surface area (Å²) in [5, 5.41) is 5.12. The van der Waals surface area contributed by atoms with Gasteiger partial charge in [-0.05, 0) is 23.8 Å². The Labute approximate surface area is 82.1 Å². The van der Waals surface area contributed by atoms with Crippen LogP contribution in [-0.4, -0.2) is 9.78 Å². The summed E-state index contributed by atoms with van der Waals surface area (Å²) >= 11 is 0. The largest absolute Gasteiger partial charge is 0.382 e. The van der Waals surface area contributed by atoms with Gasteiger partial charge in [-0.15, -0.1) is 5.73 Å². The molecule has 0 spiro atoms. The zero-order valence-electron chi connectivity index (χ0n) is 7.99. The Morgan fingerprint density at radius 2 is 2.36 bits per heavy atom. The Morgan fingerprint density at radius 1 is 1.57 bits per heavy atom. The fourth-order valence-corrected chi connectivity index (χ4v) is 1.51. The molecule has 0 saturated heterocycles. The monoisotopic (exact) mass is 185 g/mol. The number of rotatable bonds is 1. The second-order valence-electron chi connectivity index (χ2n) is 3.13. The molecule has 0 unspecified atom stereocenters. The first-order valence-electron chi connectivity index (χ1n) is 4.30. The highest BCUT2D eigenvalue weighted by Gasteiger charge is 2.04. The van der Waals surface area contributed by atoms with Crippen molar-refractivity contribution >= 4 is 22.8 Å². The Kier molecular flexibility index (Phi) is 1.88. The minimum atomic E-state index is 0.566. The van der Waals surface area contributed by atoms with Crippen molar-refractivity contribution in [3.05, 3.63) is 36.1 Å². The van der Waals surface area contributed by atoms with Gasteiger partial charge in [-0.2, -0.15) is 5.10 Å². The molecule has 3 heteroatoms. The van der Waals surface area contributed by atoms with Crippen molar-refractivity contribution in [1.82, 2.24) is 9.78 Å². The molecule has 14 heavy (non-hydrogen) atoms. The molecule has 1 aromatic heterocycles. The van der Waals surface area contributed by atoms with Crippen molar-refractivity contribution in [2.45, 2.75) is 0 Å². The number of fused-ring (bicyclic) bond motifs is 1. The van der Waals surface area contributed by atoms with Gasteiger partial charge in [0.2, 0.25) is 0 Å².